The summed E-state index contributed by atoms with van der Waals surface area (Å²) in [4.78, 5) is 11.4. The number of esters is 1. The standard InChI is InChI=1S/C11H14O4/c1-3-15-11(14)8-4-9(6-12)7(2)10(13)5-8/h4-5,12-13H,3,6H2,1-2H3. The van der Waals surface area contributed by atoms with E-state index in [0.717, 1.165) is 0 Å². The highest BCUT2D eigenvalue weighted by Crippen LogP contribution is 2.23. The topological polar surface area (TPSA) is 66.8 Å². The summed E-state index contributed by atoms with van der Waals surface area (Å²) in [7, 11) is 0. The van der Waals surface area contributed by atoms with Crippen molar-refractivity contribution in [1.82, 2.24) is 0 Å². The molecule has 0 aromatic heterocycles. The molecule has 0 aliphatic rings. The third-order valence-electron chi connectivity index (χ3n) is 2.17. The van der Waals surface area contributed by atoms with E-state index in [-0.39, 0.29) is 24.5 Å². The van der Waals surface area contributed by atoms with E-state index in [0.29, 0.717) is 11.1 Å². The summed E-state index contributed by atoms with van der Waals surface area (Å²) >= 11 is 0. The van der Waals surface area contributed by atoms with Crippen molar-refractivity contribution in [1.29, 1.82) is 0 Å². The molecule has 1 aromatic carbocycles. The second-order valence-corrected chi connectivity index (χ2v) is 3.16. The van der Waals surface area contributed by atoms with Gasteiger partial charge in [0.25, 0.3) is 0 Å². The lowest BCUT2D eigenvalue weighted by Gasteiger charge is -2.08. The van der Waals surface area contributed by atoms with Gasteiger partial charge in [0.05, 0.1) is 18.8 Å². The lowest BCUT2D eigenvalue weighted by atomic mass is 10.0. The molecule has 0 bridgehead atoms. The molecule has 2 N–H and O–H groups in total. The maximum Gasteiger partial charge on any atom is 0.338 e. The molecule has 0 spiro atoms. The molecule has 0 aliphatic carbocycles. The molecule has 0 amide bonds. The number of hydrogen-bond acceptors (Lipinski definition) is 4. The van der Waals surface area contributed by atoms with Crippen LogP contribution in [0.15, 0.2) is 12.1 Å². The van der Waals surface area contributed by atoms with Crippen LogP contribution in [0.5, 0.6) is 5.75 Å². The zero-order valence-corrected chi connectivity index (χ0v) is 8.78. The maximum absolute atomic E-state index is 11.4. The van der Waals surface area contributed by atoms with Gasteiger partial charge in [-0.2, -0.15) is 0 Å². The van der Waals surface area contributed by atoms with E-state index in [1.165, 1.54) is 12.1 Å². The second-order valence-electron chi connectivity index (χ2n) is 3.16. The number of hydrogen-bond donors (Lipinski definition) is 2. The first kappa shape index (κ1) is 11.5. The Labute approximate surface area is 88.1 Å². The molecular weight excluding hydrogens is 196 g/mol. The molecule has 4 heteroatoms. The predicted octanol–water partition coefficient (Wildman–Crippen LogP) is 1.37. The Morgan fingerprint density at radius 2 is 2.13 bits per heavy atom. The second kappa shape index (κ2) is 4.79. The van der Waals surface area contributed by atoms with Crippen molar-refractivity contribution in [3.63, 3.8) is 0 Å². The molecule has 0 heterocycles. The van der Waals surface area contributed by atoms with Gasteiger partial charge < -0.3 is 14.9 Å². The monoisotopic (exact) mass is 210 g/mol. The number of aliphatic hydroxyl groups excluding tert-OH is 1. The van der Waals surface area contributed by atoms with E-state index in [1.54, 1.807) is 13.8 Å². The van der Waals surface area contributed by atoms with Crippen LogP contribution in [-0.4, -0.2) is 22.8 Å². The van der Waals surface area contributed by atoms with Crippen LogP contribution in [0.4, 0.5) is 0 Å². The molecule has 0 fully saturated rings. The molecule has 4 nitrogen and oxygen atoms in total. The highest BCUT2D eigenvalue weighted by molar-refractivity contribution is 5.90. The summed E-state index contributed by atoms with van der Waals surface area (Å²) in [6, 6.07) is 2.86. The van der Waals surface area contributed by atoms with Crippen molar-refractivity contribution in [2.75, 3.05) is 6.61 Å². The van der Waals surface area contributed by atoms with E-state index in [1.807, 2.05) is 0 Å². The van der Waals surface area contributed by atoms with Gasteiger partial charge in [-0.05, 0) is 37.1 Å². The summed E-state index contributed by atoms with van der Waals surface area (Å²) in [5.41, 5.74) is 1.35. The van der Waals surface area contributed by atoms with E-state index in [4.69, 9.17) is 9.84 Å². The minimum absolute atomic E-state index is 0.00963. The van der Waals surface area contributed by atoms with Crippen molar-refractivity contribution in [2.45, 2.75) is 20.5 Å². The third-order valence-corrected chi connectivity index (χ3v) is 2.17. The van der Waals surface area contributed by atoms with Crippen LogP contribution in [0.3, 0.4) is 0 Å². The Morgan fingerprint density at radius 1 is 1.47 bits per heavy atom. The van der Waals surface area contributed by atoms with Crippen LogP contribution in [0.1, 0.15) is 28.4 Å². The van der Waals surface area contributed by atoms with Crippen LogP contribution < -0.4 is 0 Å². The average Bonchev–Trinajstić information content (AvgIpc) is 2.22. The number of aromatic hydroxyl groups is 1. The van der Waals surface area contributed by atoms with Crippen LogP contribution in [0, 0.1) is 6.92 Å². The molecule has 0 atom stereocenters. The van der Waals surface area contributed by atoms with Gasteiger partial charge in [0.15, 0.2) is 0 Å². The largest absolute Gasteiger partial charge is 0.508 e. The van der Waals surface area contributed by atoms with Gasteiger partial charge in [0.2, 0.25) is 0 Å². The molecule has 0 saturated heterocycles. The molecule has 0 unspecified atom stereocenters. The Bertz CT molecular complexity index is 371. The normalized spacial score (nSPS) is 10.1. The minimum Gasteiger partial charge on any atom is -0.508 e. The molecular formula is C11H14O4. The molecule has 0 radical (unpaired) electrons. The smallest absolute Gasteiger partial charge is 0.338 e. The van der Waals surface area contributed by atoms with Gasteiger partial charge in [-0.25, -0.2) is 4.79 Å². The van der Waals surface area contributed by atoms with Crippen LogP contribution in [0.25, 0.3) is 0 Å². The number of ether oxygens (including phenoxy) is 1. The van der Waals surface area contributed by atoms with Gasteiger partial charge >= 0.3 is 5.97 Å². The number of aliphatic hydroxyl groups is 1. The van der Waals surface area contributed by atoms with Gasteiger partial charge in [-0.3, -0.25) is 0 Å². The van der Waals surface area contributed by atoms with E-state index < -0.39 is 5.97 Å². The third kappa shape index (κ3) is 2.47. The first-order valence-electron chi connectivity index (χ1n) is 4.70. The lowest BCUT2D eigenvalue weighted by Crippen LogP contribution is -2.06. The molecule has 1 aromatic rings. The summed E-state index contributed by atoms with van der Waals surface area (Å²) in [6.45, 7) is 3.45. The summed E-state index contributed by atoms with van der Waals surface area (Å²) < 4.78 is 4.79. The van der Waals surface area contributed by atoms with Crippen molar-refractivity contribution in [2.24, 2.45) is 0 Å². The SMILES string of the molecule is CCOC(=O)c1cc(O)c(C)c(CO)c1. The highest BCUT2D eigenvalue weighted by Gasteiger charge is 2.12. The van der Waals surface area contributed by atoms with Gasteiger partial charge in [-0.15, -0.1) is 0 Å². The van der Waals surface area contributed by atoms with Gasteiger partial charge in [0, 0.05) is 0 Å². The van der Waals surface area contributed by atoms with Crippen LogP contribution in [-0.2, 0) is 11.3 Å². The van der Waals surface area contributed by atoms with Crippen molar-refractivity contribution in [3.8, 4) is 5.75 Å². The Kier molecular flexibility index (Phi) is 3.68. The van der Waals surface area contributed by atoms with Gasteiger partial charge in [0.1, 0.15) is 5.75 Å². The number of benzene rings is 1. The van der Waals surface area contributed by atoms with Crippen LogP contribution >= 0.6 is 0 Å². The zero-order chi connectivity index (χ0) is 11.4. The fourth-order valence-corrected chi connectivity index (χ4v) is 1.25. The summed E-state index contributed by atoms with van der Waals surface area (Å²) in [6.07, 6.45) is 0. The number of carbonyl (C=O) groups is 1. The Hall–Kier alpha value is -1.55. The first-order chi connectivity index (χ1) is 7.10. The van der Waals surface area contributed by atoms with E-state index in [9.17, 15) is 9.90 Å². The van der Waals surface area contributed by atoms with Crippen molar-refractivity contribution in [3.05, 3.63) is 28.8 Å². The lowest BCUT2D eigenvalue weighted by molar-refractivity contribution is 0.0525. The predicted molar refractivity (Wildman–Crippen MR) is 54.7 cm³/mol. The van der Waals surface area contributed by atoms with Crippen molar-refractivity contribution < 1.29 is 19.7 Å². The zero-order valence-electron chi connectivity index (χ0n) is 8.78. The van der Waals surface area contributed by atoms with Crippen molar-refractivity contribution >= 4 is 5.97 Å². The molecule has 1 rings (SSSR count). The fourth-order valence-electron chi connectivity index (χ4n) is 1.25. The van der Waals surface area contributed by atoms with E-state index in [2.05, 4.69) is 0 Å². The highest BCUT2D eigenvalue weighted by atomic mass is 16.5. The summed E-state index contributed by atoms with van der Waals surface area (Å²) in [5.74, 6) is -0.507. The number of phenolic OH excluding ortho intramolecular Hbond substituents is 1. The Morgan fingerprint density at radius 3 is 2.67 bits per heavy atom. The molecule has 82 valence electrons. The number of rotatable bonds is 3. The Balaban J connectivity index is 3.10. The molecule has 0 saturated carbocycles. The summed E-state index contributed by atoms with van der Waals surface area (Å²) in [5, 5.41) is 18.5. The van der Waals surface area contributed by atoms with Crippen LogP contribution in [0.2, 0.25) is 0 Å². The minimum atomic E-state index is -0.498. The fraction of sp³-hybridized carbons (Fsp3) is 0.364. The molecule has 0 aliphatic heterocycles. The quantitative estimate of drug-likeness (QED) is 0.739. The number of phenols is 1. The van der Waals surface area contributed by atoms with E-state index >= 15 is 0 Å². The first-order valence-corrected chi connectivity index (χ1v) is 4.70. The number of carbonyl (C=O) groups excluding carboxylic acids is 1. The average molecular weight is 210 g/mol. The molecule has 15 heavy (non-hydrogen) atoms. The van der Waals surface area contributed by atoms with Gasteiger partial charge in [-0.1, -0.05) is 0 Å². The maximum atomic E-state index is 11.4.